The Balaban J connectivity index is 1.15. The van der Waals surface area contributed by atoms with E-state index in [4.69, 9.17) is 0 Å². The largest absolute Gasteiger partial charge is 0.309 e. The highest BCUT2D eigenvalue weighted by molar-refractivity contribution is 6.00. The van der Waals surface area contributed by atoms with Crippen molar-refractivity contribution in [2.24, 2.45) is 0 Å². The summed E-state index contributed by atoms with van der Waals surface area (Å²) >= 11 is 0. The van der Waals surface area contributed by atoms with Crippen molar-refractivity contribution in [3.8, 4) is 44.5 Å². The molecule has 0 N–H and O–H groups in total. The van der Waals surface area contributed by atoms with E-state index in [9.17, 15) is 0 Å². The topological polar surface area (TPSA) is 3.24 Å². The van der Waals surface area contributed by atoms with Gasteiger partial charge in [0.1, 0.15) is 0 Å². The predicted octanol–water partition coefficient (Wildman–Crippen LogP) is 15.7. The van der Waals surface area contributed by atoms with Gasteiger partial charge in [0.25, 0.3) is 0 Å². The number of fused-ring (bicyclic) bond motifs is 11. The molecule has 1 unspecified atom stereocenters. The van der Waals surface area contributed by atoms with Crippen molar-refractivity contribution < 1.29 is 0 Å². The molecule has 0 aromatic heterocycles. The van der Waals surface area contributed by atoms with Crippen LogP contribution in [0, 0.1) is 0 Å². The highest BCUT2D eigenvalue weighted by atomic mass is 15.1. The SMILES string of the molecule is CC1(C)c2ccccc2-c2cccc(-c3ccccc3N(c3ccc4c(c3)C3(CCCCC3)c3ccccc3-4)c3cccc4c3-c3ccccc3C4(C)c3ccccc3)c21. The first kappa shape index (κ1) is 35.5. The first-order valence-electron chi connectivity index (χ1n) is 22.1. The van der Waals surface area contributed by atoms with E-state index in [2.05, 4.69) is 208 Å². The second kappa shape index (κ2) is 13.0. The second-order valence-corrected chi connectivity index (χ2v) is 18.4. The summed E-state index contributed by atoms with van der Waals surface area (Å²) in [7, 11) is 0. The van der Waals surface area contributed by atoms with Gasteiger partial charge < -0.3 is 4.90 Å². The number of nitrogens with zero attached hydrogens (tertiary/aromatic N) is 1. The molecule has 1 nitrogen and oxygen atoms in total. The number of anilines is 3. The van der Waals surface area contributed by atoms with Crippen LogP contribution in [-0.4, -0.2) is 0 Å². The van der Waals surface area contributed by atoms with Crippen LogP contribution in [0.4, 0.5) is 17.1 Å². The molecule has 4 aliphatic carbocycles. The lowest BCUT2D eigenvalue weighted by Crippen LogP contribution is -2.28. The number of para-hydroxylation sites is 1. The minimum absolute atomic E-state index is 0.0402. The van der Waals surface area contributed by atoms with Crippen molar-refractivity contribution in [3.05, 3.63) is 221 Å². The van der Waals surface area contributed by atoms with E-state index in [0.717, 1.165) is 0 Å². The summed E-state index contributed by atoms with van der Waals surface area (Å²) in [6.45, 7) is 7.26. The van der Waals surface area contributed by atoms with Gasteiger partial charge in [-0.3, -0.25) is 0 Å². The normalized spacial score (nSPS) is 18.2. The first-order valence-corrected chi connectivity index (χ1v) is 22.1. The maximum absolute atomic E-state index is 2.63. The van der Waals surface area contributed by atoms with E-state index >= 15 is 0 Å². The highest BCUT2D eigenvalue weighted by Crippen LogP contribution is 2.61. The zero-order valence-electron chi connectivity index (χ0n) is 34.8. The lowest BCUT2D eigenvalue weighted by molar-refractivity contribution is 0.353. The Labute approximate surface area is 355 Å². The van der Waals surface area contributed by atoms with Crippen LogP contribution in [0.2, 0.25) is 0 Å². The number of hydrogen-bond donors (Lipinski definition) is 0. The number of hydrogen-bond acceptors (Lipinski definition) is 1. The molecule has 12 rings (SSSR count). The molecule has 1 fully saturated rings. The molecule has 4 aliphatic rings. The molecule has 0 radical (unpaired) electrons. The molecular weight excluding hydrogens is 723 g/mol. The third-order valence-corrected chi connectivity index (χ3v) is 15.1. The standard InChI is InChI=1S/C59H49N/c1-57(2)48-28-12-8-23-42(48)45-26-18-27-46(56(45)57)44-24-11-15-32-53(44)60(40-34-35-43-41-22-9-14-30-50(41)59(52(43)38-40)36-16-5-17-37-59)54-33-19-31-51-55(54)47-25-10-13-29-49(47)58(51,3)39-20-6-4-7-21-39/h4,6-15,18-35,38H,5,16-17,36-37H2,1-3H3. The Kier molecular flexibility index (Phi) is 7.71. The molecule has 1 heteroatoms. The Morgan fingerprint density at radius 2 is 0.917 bits per heavy atom. The van der Waals surface area contributed by atoms with Gasteiger partial charge in [-0.2, -0.15) is 0 Å². The van der Waals surface area contributed by atoms with Gasteiger partial charge in [0.2, 0.25) is 0 Å². The van der Waals surface area contributed by atoms with Crippen molar-refractivity contribution in [2.75, 3.05) is 4.90 Å². The van der Waals surface area contributed by atoms with Crippen LogP contribution in [0.1, 0.15) is 91.8 Å². The molecule has 8 aromatic carbocycles. The molecule has 1 atom stereocenters. The summed E-state index contributed by atoms with van der Waals surface area (Å²) in [4.78, 5) is 2.63. The van der Waals surface area contributed by atoms with E-state index in [1.165, 1.54) is 133 Å². The molecule has 0 saturated heterocycles. The summed E-state index contributed by atoms with van der Waals surface area (Å²) in [6, 6.07) is 69.3. The van der Waals surface area contributed by atoms with E-state index in [0.29, 0.717) is 0 Å². The molecule has 0 aliphatic heterocycles. The van der Waals surface area contributed by atoms with Crippen molar-refractivity contribution in [1.82, 2.24) is 0 Å². The maximum Gasteiger partial charge on any atom is 0.0543 e. The maximum atomic E-state index is 2.63. The molecule has 0 amide bonds. The molecule has 0 heterocycles. The van der Waals surface area contributed by atoms with Crippen molar-refractivity contribution >= 4 is 17.1 Å². The molecular formula is C59H49N. The van der Waals surface area contributed by atoms with Gasteiger partial charge in [-0.05, 0) is 116 Å². The number of benzene rings is 8. The Morgan fingerprint density at radius 1 is 0.383 bits per heavy atom. The lowest BCUT2D eigenvalue weighted by Gasteiger charge is -2.37. The summed E-state index contributed by atoms with van der Waals surface area (Å²) in [5, 5.41) is 0. The van der Waals surface area contributed by atoms with Crippen LogP contribution < -0.4 is 4.90 Å². The molecule has 290 valence electrons. The lowest BCUT2D eigenvalue weighted by atomic mass is 9.68. The van der Waals surface area contributed by atoms with E-state index < -0.39 is 0 Å². The van der Waals surface area contributed by atoms with Crippen molar-refractivity contribution in [3.63, 3.8) is 0 Å². The zero-order valence-corrected chi connectivity index (χ0v) is 34.8. The summed E-state index contributed by atoms with van der Waals surface area (Å²) in [5.74, 6) is 0. The summed E-state index contributed by atoms with van der Waals surface area (Å²) in [5.41, 5.74) is 23.8. The van der Waals surface area contributed by atoms with Crippen LogP contribution >= 0.6 is 0 Å². The van der Waals surface area contributed by atoms with Crippen LogP contribution in [-0.2, 0) is 16.2 Å². The van der Waals surface area contributed by atoms with Gasteiger partial charge in [-0.15, -0.1) is 0 Å². The van der Waals surface area contributed by atoms with E-state index in [-0.39, 0.29) is 16.2 Å². The van der Waals surface area contributed by atoms with Gasteiger partial charge in [0.05, 0.1) is 11.4 Å². The minimum Gasteiger partial charge on any atom is -0.309 e. The zero-order chi connectivity index (χ0) is 40.2. The van der Waals surface area contributed by atoms with Crippen molar-refractivity contribution in [1.29, 1.82) is 0 Å². The molecule has 60 heavy (non-hydrogen) atoms. The number of rotatable bonds is 5. The fraction of sp³-hybridized carbons (Fsp3) is 0.186. The van der Waals surface area contributed by atoms with Crippen LogP contribution in [0.25, 0.3) is 44.5 Å². The second-order valence-electron chi connectivity index (χ2n) is 18.4. The fourth-order valence-electron chi connectivity index (χ4n) is 12.4. The average Bonchev–Trinajstić information content (AvgIpc) is 3.83. The smallest absolute Gasteiger partial charge is 0.0543 e. The fourth-order valence-corrected chi connectivity index (χ4v) is 12.4. The average molecular weight is 772 g/mol. The minimum atomic E-state index is -0.309. The van der Waals surface area contributed by atoms with Crippen LogP contribution in [0.3, 0.4) is 0 Å². The highest BCUT2D eigenvalue weighted by Gasteiger charge is 2.46. The van der Waals surface area contributed by atoms with Crippen LogP contribution in [0.5, 0.6) is 0 Å². The van der Waals surface area contributed by atoms with Gasteiger partial charge in [-0.1, -0.05) is 191 Å². The molecule has 1 spiro atoms. The summed E-state index contributed by atoms with van der Waals surface area (Å²) in [6.07, 6.45) is 6.25. The van der Waals surface area contributed by atoms with Gasteiger partial charge in [0, 0.05) is 33.1 Å². The molecule has 0 bridgehead atoms. The Bertz CT molecular complexity index is 3020. The van der Waals surface area contributed by atoms with Crippen molar-refractivity contribution in [2.45, 2.75) is 69.1 Å². The third kappa shape index (κ3) is 4.75. The Morgan fingerprint density at radius 3 is 1.68 bits per heavy atom. The van der Waals surface area contributed by atoms with Crippen LogP contribution in [0.15, 0.2) is 182 Å². The van der Waals surface area contributed by atoms with E-state index in [1.54, 1.807) is 0 Å². The third-order valence-electron chi connectivity index (χ3n) is 15.1. The molecule has 1 saturated carbocycles. The van der Waals surface area contributed by atoms with Gasteiger partial charge in [0.15, 0.2) is 0 Å². The summed E-state index contributed by atoms with van der Waals surface area (Å²) < 4.78 is 0. The van der Waals surface area contributed by atoms with E-state index in [1.807, 2.05) is 0 Å². The quantitative estimate of drug-likeness (QED) is 0.168. The predicted molar refractivity (Wildman–Crippen MR) is 251 cm³/mol. The Hall–Kier alpha value is -6.44. The van der Waals surface area contributed by atoms with Gasteiger partial charge in [-0.25, -0.2) is 0 Å². The first-order chi connectivity index (χ1) is 29.4. The van der Waals surface area contributed by atoms with Gasteiger partial charge >= 0.3 is 0 Å². The molecule has 8 aromatic rings. The monoisotopic (exact) mass is 771 g/mol.